The third-order valence-corrected chi connectivity index (χ3v) is 8.79. The summed E-state index contributed by atoms with van der Waals surface area (Å²) in [4.78, 5) is 38.1. The summed E-state index contributed by atoms with van der Waals surface area (Å²) in [5.74, 6) is -0.350. The third-order valence-electron chi connectivity index (χ3n) is 5.62. The Labute approximate surface area is 185 Å². The van der Waals surface area contributed by atoms with Crippen molar-refractivity contribution in [2.75, 3.05) is 18.1 Å². The van der Waals surface area contributed by atoms with Gasteiger partial charge in [-0.25, -0.2) is 4.79 Å². The molecule has 1 aromatic carbocycles. The first-order chi connectivity index (χ1) is 14.4. The molecule has 30 heavy (non-hydrogen) atoms. The topological polar surface area (TPSA) is 107 Å². The van der Waals surface area contributed by atoms with Gasteiger partial charge < -0.3 is 15.1 Å². The number of hydrogen-bond donors (Lipinski definition) is 3. The molecule has 164 valence electrons. The van der Waals surface area contributed by atoms with Crippen molar-refractivity contribution in [1.29, 1.82) is 0 Å². The number of piperidine rings is 1. The highest BCUT2D eigenvalue weighted by Crippen LogP contribution is 2.39. The number of fused-ring (bicyclic) bond motifs is 1. The van der Waals surface area contributed by atoms with Crippen LogP contribution in [0.25, 0.3) is 0 Å². The van der Waals surface area contributed by atoms with Gasteiger partial charge >= 0.3 is 11.9 Å². The minimum atomic E-state index is -1.02. The molecule has 0 spiro atoms. The van der Waals surface area contributed by atoms with E-state index in [2.05, 4.69) is 5.32 Å². The number of benzene rings is 1. The van der Waals surface area contributed by atoms with E-state index in [0.717, 1.165) is 17.1 Å². The number of nitrogens with one attached hydrogen (secondary N) is 1. The van der Waals surface area contributed by atoms with E-state index >= 15 is 0 Å². The number of thioether (sulfide) groups is 2. The number of amides is 1. The molecule has 2 fully saturated rings. The first kappa shape index (κ1) is 23.0. The molecule has 2 aliphatic rings. The van der Waals surface area contributed by atoms with Gasteiger partial charge in [-0.2, -0.15) is 23.5 Å². The Bertz CT molecular complexity index is 763. The molecule has 2 saturated heterocycles. The monoisotopic (exact) mass is 452 g/mol. The fraction of sp³-hybridized carbons (Fsp3) is 0.571. The Morgan fingerprint density at radius 1 is 1.13 bits per heavy atom. The normalized spacial score (nSPS) is 25.8. The van der Waals surface area contributed by atoms with Gasteiger partial charge in [0.05, 0.1) is 6.04 Å². The van der Waals surface area contributed by atoms with Crippen LogP contribution in [0, 0.1) is 0 Å². The fourth-order valence-corrected chi connectivity index (χ4v) is 7.06. The molecule has 2 aliphatic heterocycles. The van der Waals surface area contributed by atoms with Gasteiger partial charge in [-0.3, -0.25) is 14.9 Å². The maximum atomic E-state index is 13.1. The Hall–Kier alpha value is -1.71. The van der Waals surface area contributed by atoms with Crippen LogP contribution in [0.5, 0.6) is 0 Å². The molecule has 0 radical (unpaired) electrons. The summed E-state index contributed by atoms with van der Waals surface area (Å²) in [6, 6.07) is 7.07. The van der Waals surface area contributed by atoms with Gasteiger partial charge in [-0.1, -0.05) is 30.3 Å². The number of aryl methyl sites for hydroxylation is 1. The molecule has 7 nitrogen and oxygen atoms in total. The number of hydrogen-bond acceptors (Lipinski definition) is 6. The Kier molecular flexibility index (Phi) is 8.07. The van der Waals surface area contributed by atoms with Crippen LogP contribution in [-0.4, -0.2) is 79.6 Å². The second-order valence-corrected chi connectivity index (χ2v) is 10.4. The molecule has 9 heteroatoms. The predicted octanol–water partition coefficient (Wildman–Crippen LogP) is 1.95. The average Bonchev–Trinajstić information content (AvgIpc) is 2.75. The SMILES string of the molecule is C[C@H](NC(CCc1ccccc1)C(=O)O)C(=O)N1CC2SCCSC2CC1C(=O)O. The largest absolute Gasteiger partial charge is 0.480 e. The number of carboxylic acid groups (broad SMARTS) is 2. The van der Waals surface area contributed by atoms with E-state index in [-0.39, 0.29) is 16.4 Å². The van der Waals surface area contributed by atoms with Crippen LogP contribution >= 0.6 is 23.5 Å². The molecule has 5 atom stereocenters. The average molecular weight is 453 g/mol. The Morgan fingerprint density at radius 3 is 2.43 bits per heavy atom. The summed E-state index contributed by atoms with van der Waals surface area (Å²) < 4.78 is 0. The maximum Gasteiger partial charge on any atom is 0.326 e. The summed E-state index contributed by atoms with van der Waals surface area (Å²) in [6.07, 6.45) is 1.35. The molecule has 4 unspecified atom stereocenters. The van der Waals surface area contributed by atoms with Crippen molar-refractivity contribution in [3.63, 3.8) is 0 Å². The zero-order valence-electron chi connectivity index (χ0n) is 16.9. The predicted molar refractivity (Wildman–Crippen MR) is 119 cm³/mol. The lowest BCUT2D eigenvalue weighted by Crippen LogP contribution is -2.60. The first-order valence-corrected chi connectivity index (χ1v) is 12.3. The highest BCUT2D eigenvalue weighted by molar-refractivity contribution is 8.07. The van der Waals surface area contributed by atoms with Crippen molar-refractivity contribution in [2.45, 2.75) is 54.8 Å². The number of likely N-dealkylation sites (tertiary alicyclic amines) is 1. The summed E-state index contributed by atoms with van der Waals surface area (Å²) in [5, 5.41) is 22.7. The minimum Gasteiger partial charge on any atom is -0.480 e. The maximum absolute atomic E-state index is 13.1. The molecule has 1 amide bonds. The standard InChI is InChI=1S/C21H28N2O5S2/c1-13(22-15(20(25)26)8-7-14-5-3-2-4-6-14)19(24)23-12-18-17(29-9-10-30-18)11-16(23)21(27)28/h2-6,13,15-18,22H,7-12H2,1H3,(H,25,26)(H,27,28)/t13-,15?,16?,17?,18?/m0/s1. The molecule has 3 rings (SSSR count). The van der Waals surface area contributed by atoms with Gasteiger partial charge in [0, 0.05) is 28.6 Å². The van der Waals surface area contributed by atoms with E-state index in [9.17, 15) is 24.6 Å². The zero-order valence-corrected chi connectivity index (χ0v) is 18.5. The second kappa shape index (κ2) is 10.5. The molecule has 3 N–H and O–H groups in total. The van der Waals surface area contributed by atoms with Crippen molar-refractivity contribution < 1.29 is 24.6 Å². The lowest BCUT2D eigenvalue weighted by atomic mass is 9.99. The van der Waals surface area contributed by atoms with Crippen LogP contribution in [0.1, 0.15) is 25.3 Å². The van der Waals surface area contributed by atoms with Crippen LogP contribution < -0.4 is 5.32 Å². The zero-order chi connectivity index (χ0) is 21.7. The molecule has 2 heterocycles. The quantitative estimate of drug-likeness (QED) is 0.550. The lowest BCUT2D eigenvalue weighted by Gasteiger charge is -2.44. The number of rotatable bonds is 8. The highest BCUT2D eigenvalue weighted by Gasteiger charge is 2.44. The lowest BCUT2D eigenvalue weighted by molar-refractivity contribution is -0.153. The van der Waals surface area contributed by atoms with Crippen LogP contribution in [0.2, 0.25) is 0 Å². The van der Waals surface area contributed by atoms with Gasteiger partial charge in [0.25, 0.3) is 0 Å². The summed E-state index contributed by atoms with van der Waals surface area (Å²) in [7, 11) is 0. The van der Waals surface area contributed by atoms with Crippen molar-refractivity contribution >= 4 is 41.4 Å². The second-order valence-electron chi connectivity index (χ2n) is 7.70. The van der Waals surface area contributed by atoms with Crippen molar-refractivity contribution in [3.8, 4) is 0 Å². The molecule has 0 aliphatic carbocycles. The van der Waals surface area contributed by atoms with Gasteiger partial charge in [-0.05, 0) is 31.7 Å². The number of carbonyl (C=O) groups is 3. The molecule has 0 aromatic heterocycles. The van der Waals surface area contributed by atoms with Crippen LogP contribution in [0.15, 0.2) is 30.3 Å². The number of nitrogens with zero attached hydrogens (tertiary/aromatic N) is 1. The minimum absolute atomic E-state index is 0.226. The summed E-state index contributed by atoms with van der Waals surface area (Å²) in [5.41, 5.74) is 1.03. The van der Waals surface area contributed by atoms with Gasteiger partial charge in [0.2, 0.25) is 5.91 Å². The van der Waals surface area contributed by atoms with Gasteiger partial charge in [0.1, 0.15) is 12.1 Å². The van der Waals surface area contributed by atoms with Crippen LogP contribution in [0.3, 0.4) is 0 Å². The van der Waals surface area contributed by atoms with E-state index < -0.39 is 30.1 Å². The van der Waals surface area contributed by atoms with Gasteiger partial charge in [0.15, 0.2) is 0 Å². The van der Waals surface area contributed by atoms with Crippen LogP contribution in [-0.2, 0) is 20.8 Å². The Balaban J connectivity index is 1.64. The van der Waals surface area contributed by atoms with Crippen molar-refractivity contribution in [2.24, 2.45) is 0 Å². The van der Waals surface area contributed by atoms with E-state index in [1.807, 2.05) is 30.3 Å². The van der Waals surface area contributed by atoms with Crippen LogP contribution in [0.4, 0.5) is 0 Å². The molecular formula is C21H28N2O5S2. The fourth-order valence-electron chi connectivity index (χ4n) is 4.01. The first-order valence-electron chi connectivity index (χ1n) is 10.2. The van der Waals surface area contributed by atoms with Crippen molar-refractivity contribution in [3.05, 3.63) is 35.9 Å². The molecule has 0 saturated carbocycles. The molecular weight excluding hydrogens is 424 g/mol. The number of aliphatic carboxylic acids is 2. The van der Waals surface area contributed by atoms with E-state index in [1.165, 1.54) is 4.90 Å². The van der Waals surface area contributed by atoms with E-state index in [0.29, 0.717) is 25.8 Å². The van der Waals surface area contributed by atoms with E-state index in [4.69, 9.17) is 0 Å². The smallest absolute Gasteiger partial charge is 0.326 e. The summed E-state index contributed by atoms with van der Waals surface area (Å²) in [6.45, 7) is 2.01. The number of carbonyl (C=O) groups excluding carboxylic acids is 1. The Morgan fingerprint density at radius 2 is 1.80 bits per heavy atom. The highest BCUT2D eigenvalue weighted by atomic mass is 32.2. The summed E-state index contributed by atoms with van der Waals surface area (Å²) >= 11 is 3.59. The van der Waals surface area contributed by atoms with Crippen molar-refractivity contribution in [1.82, 2.24) is 10.2 Å². The molecule has 1 aromatic rings. The number of carboxylic acids is 2. The third kappa shape index (κ3) is 5.70. The van der Waals surface area contributed by atoms with Gasteiger partial charge in [-0.15, -0.1) is 0 Å². The van der Waals surface area contributed by atoms with E-state index in [1.54, 1.807) is 30.4 Å². The molecule has 0 bridgehead atoms.